The third-order valence-corrected chi connectivity index (χ3v) is 5.92. The van der Waals surface area contributed by atoms with E-state index in [0.717, 1.165) is 24.2 Å². The first-order valence-electron chi connectivity index (χ1n) is 10.4. The Hall–Kier alpha value is -2.90. The van der Waals surface area contributed by atoms with Gasteiger partial charge < -0.3 is 14.8 Å². The van der Waals surface area contributed by atoms with Gasteiger partial charge >= 0.3 is 12.0 Å². The number of benzene rings is 1. The molecule has 1 aromatic carbocycles. The smallest absolute Gasteiger partial charge is 0.326 e. The quantitative estimate of drug-likeness (QED) is 0.417. The topological polar surface area (TPSA) is 102 Å². The first-order chi connectivity index (χ1) is 14.3. The van der Waals surface area contributed by atoms with Gasteiger partial charge in [0.2, 0.25) is 5.78 Å². The molecule has 1 heterocycles. The van der Waals surface area contributed by atoms with Crippen LogP contribution in [0.2, 0.25) is 0 Å². The van der Waals surface area contributed by atoms with Gasteiger partial charge in [-0.3, -0.25) is 19.3 Å². The lowest BCUT2D eigenvalue weighted by atomic mass is 9.73. The van der Waals surface area contributed by atoms with Crippen molar-refractivity contribution < 1.29 is 28.7 Å². The van der Waals surface area contributed by atoms with Crippen molar-refractivity contribution in [3.05, 3.63) is 29.8 Å². The van der Waals surface area contributed by atoms with Crippen molar-refractivity contribution in [2.75, 3.05) is 13.2 Å². The Morgan fingerprint density at radius 2 is 1.93 bits per heavy atom. The number of carbonyl (C=O) groups is 4. The second kappa shape index (κ2) is 8.85. The normalized spacial score (nSPS) is 24.5. The molecule has 3 amide bonds. The number of ketones is 1. The van der Waals surface area contributed by atoms with Gasteiger partial charge in [0.25, 0.3) is 5.91 Å². The summed E-state index contributed by atoms with van der Waals surface area (Å²) in [5.41, 5.74) is -0.553. The average molecular weight is 416 g/mol. The Bertz CT molecular complexity index is 837. The van der Waals surface area contributed by atoms with E-state index < -0.39 is 30.2 Å². The Balaban J connectivity index is 1.60. The Labute approximate surface area is 175 Å². The second-order valence-electron chi connectivity index (χ2n) is 7.89. The van der Waals surface area contributed by atoms with Crippen LogP contribution in [0.4, 0.5) is 4.79 Å². The van der Waals surface area contributed by atoms with Crippen LogP contribution in [0.5, 0.6) is 5.75 Å². The zero-order chi connectivity index (χ0) is 21.9. The lowest BCUT2D eigenvalue weighted by Crippen LogP contribution is -2.54. The standard InChI is InChI=1S/C22H28N2O6/c1-4-29-17-10-8-16(9-11-17)19(26)15(3)30-18(25)13-24-20(27)22(23-21(24)28)12-6-5-7-14(22)2/h8-11,14-15H,4-7,12-13H2,1-3H3,(H,23,28)/t14-,15+,22+/m0/s1. The van der Waals surface area contributed by atoms with Gasteiger partial charge in [-0.15, -0.1) is 0 Å². The minimum Gasteiger partial charge on any atom is -0.494 e. The van der Waals surface area contributed by atoms with Crippen molar-refractivity contribution in [3.63, 3.8) is 0 Å². The van der Waals surface area contributed by atoms with E-state index in [1.165, 1.54) is 6.92 Å². The van der Waals surface area contributed by atoms with Gasteiger partial charge in [-0.25, -0.2) is 4.79 Å². The van der Waals surface area contributed by atoms with E-state index in [1.54, 1.807) is 24.3 Å². The summed E-state index contributed by atoms with van der Waals surface area (Å²) in [5, 5.41) is 2.79. The number of ether oxygens (including phenoxy) is 2. The van der Waals surface area contributed by atoms with E-state index in [4.69, 9.17) is 9.47 Å². The Morgan fingerprint density at radius 3 is 2.57 bits per heavy atom. The molecule has 1 N–H and O–H groups in total. The minimum atomic E-state index is -1.04. The number of hydrogen-bond donors (Lipinski definition) is 1. The van der Waals surface area contributed by atoms with Crippen molar-refractivity contribution in [2.24, 2.45) is 5.92 Å². The molecule has 2 aliphatic rings. The summed E-state index contributed by atoms with van der Waals surface area (Å²) in [7, 11) is 0. The van der Waals surface area contributed by atoms with Gasteiger partial charge in [0.1, 0.15) is 17.8 Å². The van der Waals surface area contributed by atoms with E-state index in [0.29, 0.717) is 24.3 Å². The van der Waals surface area contributed by atoms with Crippen molar-refractivity contribution in [1.29, 1.82) is 0 Å². The molecule has 8 nitrogen and oxygen atoms in total. The molecule has 3 atom stereocenters. The van der Waals surface area contributed by atoms with Crippen LogP contribution in [-0.2, 0) is 14.3 Å². The fraction of sp³-hybridized carbons (Fsp3) is 0.545. The maximum Gasteiger partial charge on any atom is 0.326 e. The van der Waals surface area contributed by atoms with Crippen LogP contribution in [0.3, 0.4) is 0 Å². The Morgan fingerprint density at radius 1 is 1.23 bits per heavy atom. The Kier molecular flexibility index (Phi) is 6.43. The van der Waals surface area contributed by atoms with Gasteiger partial charge in [-0.2, -0.15) is 0 Å². The van der Waals surface area contributed by atoms with E-state index >= 15 is 0 Å². The maximum atomic E-state index is 12.9. The number of rotatable bonds is 7. The van der Waals surface area contributed by atoms with E-state index in [9.17, 15) is 19.2 Å². The highest BCUT2D eigenvalue weighted by molar-refractivity contribution is 6.09. The zero-order valence-electron chi connectivity index (χ0n) is 17.6. The monoisotopic (exact) mass is 416 g/mol. The summed E-state index contributed by atoms with van der Waals surface area (Å²) in [6.07, 6.45) is 2.23. The molecule has 2 fully saturated rings. The third-order valence-electron chi connectivity index (χ3n) is 5.92. The highest BCUT2D eigenvalue weighted by Gasteiger charge is 2.55. The number of amides is 3. The summed E-state index contributed by atoms with van der Waals surface area (Å²) in [6, 6.07) is 5.95. The first-order valence-corrected chi connectivity index (χ1v) is 10.4. The predicted molar refractivity (Wildman–Crippen MR) is 108 cm³/mol. The predicted octanol–water partition coefficient (Wildman–Crippen LogP) is 2.70. The van der Waals surface area contributed by atoms with Crippen LogP contribution in [0, 0.1) is 5.92 Å². The van der Waals surface area contributed by atoms with Crippen molar-refractivity contribution in [3.8, 4) is 5.75 Å². The number of urea groups is 1. The van der Waals surface area contributed by atoms with Gasteiger partial charge in [0.05, 0.1) is 6.61 Å². The summed E-state index contributed by atoms with van der Waals surface area (Å²) in [5.74, 6) is -0.916. The molecule has 0 aromatic heterocycles. The van der Waals surface area contributed by atoms with Gasteiger partial charge in [-0.05, 0) is 56.9 Å². The fourth-order valence-corrected chi connectivity index (χ4v) is 4.17. The van der Waals surface area contributed by atoms with Crippen molar-refractivity contribution in [1.82, 2.24) is 10.2 Å². The third kappa shape index (κ3) is 4.17. The molecule has 1 aliphatic carbocycles. The molecule has 3 rings (SSSR count). The highest BCUT2D eigenvalue weighted by atomic mass is 16.5. The van der Waals surface area contributed by atoms with Crippen LogP contribution in [0.25, 0.3) is 0 Å². The van der Waals surface area contributed by atoms with Crippen molar-refractivity contribution in [2.45, 2.75) is 58.1 Å². The largest absolute Gasteiger partial charge is 0.494 e. The van der Waals surface area contributed by atoms with Crippen LogP contribution >= 0.6 is 0 Å². The van der Waals surface area contributed by atoms with Crippen molar-refractivity contribution >= 4 is 23.7 Å². The summed E-state index contributed by atoms with van der Waals surface area (Å²) in [4.78, 5) is 51.1. The summed E-state index contributed by atoms with van der Waals surface area (Å²) >= 11 is 0. The van der Waals surface area contributed by atoms with Crippen LogP contribution < -0.4 is 10.1 Å². The molecule has 1 aromatic rings. The lowest BCUT2D eigenvalue weighted by molar-refractivity contribution is -0.150. The van der Waals surface area contributed by atoms with Gasteiger partial charge in [0.15, 0.2) is 6.10 Å². The average Bonchev–Trinajstić information content (AvgIpc) is 2.95. The number of nitrogens with one attached hydrogen (secondary N) is 1. The van der Waals surface area contributed by atoms with Gasteiger partial charge in [0, 0.05) is 5.56 Å². The number of Topliss-reactive ketones (excluding diaryl/α,β-unsaturated/α-hetero) is 1. The minimum absolute atomic E-state index is 0.00359. The number of carbonyl (C=O) groups excluding carboxylic acids is 4. The fourth-order valence-electron chi connectivity index (χ4n) is 4.17. The van der Waals surface area contributed by atoms with Crippen LogP contribution in [0.15, 0.2) is 24.3 Å². The molecule has 8 heteroatoms. The molecule has 0 bridgehead atoms. The van der Waals surface area contributed by atoms with E-state index in [-0.39, 0.29) is 17.6 Å². The molecule has 0 unspecified atom stereocenters. The molecular weight excluding hydrogens is 388 g/mol. The molecule has 30 heavy (non-hydrogen) atoms. The zero-order valence-corrected chi connectivity index (χ0v) is 17.6. The van der Waals surface area contributed by atoms with E-state index in [2.05, 4.69) is 5.32 Å². The molecule has 1 saturated heterocycles. The number of imide groups is 1. The number of esters is 1. The second-order valence-corrected chi connectivity index (χ2v) is 7.89. The molecule has 1 saturated carbocycles. The van der Waals surface area contributed by atoms with Crippen LogP contribution in [-0.4, -0.2) is 53.4 Å². The SMILES string of the molecule is CCOc1ccc(C(=O)[C@@H](C)OC(=O)CN2C(=O)N[C@@]3(CCCC[C@@H]3C)C2=O)cc1. The summed E-state index contributed by atoms with van der Waals surface area (Å²) < 4.78 is 10.6. The molecule has 162 valence electrons. The van der Waals surface area contributed by atoms with E-state index in [1.807, 2.05) is 13.8 Å². The molecular formula is C22H28N2O6. The highest BCUT2D eigenvalue weighted by Crippen LogP contribution is 2.38. The number of hydrogen-bond acceptors (Lipinski definition) is 6. The molecule has 0 radical (unpaired) electrons. The van der Waals surface area contributed by atoms with Crippen LogP contribution in [0.1, 0.15) is 56.8 Å². The summed E-state index contributed by atoms with van der Waals surface area (Å²) in [6.45, 7) is 5.27. The lowest BCUT2D eigenvalue weighted by Gasteiger charge is -2.36. The number of nitrogens with zero attached hydrogens (tertiary/aromatic N) is 1. The maximum absolute atomic E-state index is 12.9. The molecule has 1 spiro atoms. The molecule has 1 aliphatic heterocycles. The van der Waals surface area contributed by atoms with Gasteiger partial charge in [-0.1, -0.05) is 19.8 Å². The first kappa shape index (κ1) is 21.8.